The molecule has 0 aliphatic carbocycles. The molecule has 0 saturated carbocycles. The van der Waals surface area contributed by atoms with Crippen LogP contribution in [0.15, 0.2) is 82.6 Å². The van der Waals surface area contributed by atoms with E-state index in [9.17, 15) is 9.59 Å². The highest BCUT2D eigenvalue weighted by atomic mass is 32.2. The Morgan fingerprint density at radius 3 is 2.30 bits per heavy atom. The number of carbonyl (C=O) groups excluding carboxylic acids is 2. The molecule has 3 aromatic carbocycles. The second kappa shape index (κ2) is 10.9. The molecule has 0 spiro atoms. The fraction of sp³-hybridized carbons (Fsp3) is 0.231. The highest BCUT2D eigenvalue weighted by Crippen LogP contribution is 2.33. The van der Waals surface area contributed by atoms with Crippen LogP contribution >= 0.6 is 11.8 Å². The molecule has 0 aliphatic heterocycles. The van der Waals surface area contributed by atoms with Crippen LogP contribution < -0.4 is 16.4 Å². The normalized spacial score (nSPS) is 11.0. The number of nitrogen functional groups attached to an aromatic ring is 1. The maximum atomic E-state index is 12.5. The molecule has 0 radical (unpaired) electrons. The maximum Gasteiger partial charge on any atom is 0.412 e. The molecule has 3 rings (SSSR count). The Morgan fingerprint density at radius 2 is 1.67 bits per heavy atom. The van der Waals surface area contributed by atoms with Crippen LogP contribution in [-0.2, 0) is 11.2 Å². The molecule has 7 heteroatoms. The molecular weight excluding hydrogens is 434 g/mol. The van der Waals surface area contributed by atoms with E-state index in [1.165, 1.54) is 17.3 Å². The van der Waals surface area contributed by atoms with E-state index in [0.29, 0.717) is 23.5 Å². The third-order valence-electron chi connectivity index (χ3n) is 4.54. The van der Waals surface area contributed by atoms with Crippen molar-refractivity contribution in [3.63, 3.8) is 0 Å². The molecule has 33 heavy (non-hydrogen) atoms. The van der Waals surface area contributed by atoms with Crippen molar-refractivity contribution in [3.05, 3.63) is 83.9 Å². The van der Waals surface area contributed by atoms with E-state index in [1.807, 2.05) is 69.3 Å². The molecule has 0 saturated heterocycles. The van der Waals surface area contributed by atoms with Crippen molar-refractivity contribution >= 4 is 35.1 Å². The number of nitrogens with one attached hydrogen (secondary N) is 2. The SMILES string of the molecule is CC(C)(C)OC(=O)Nc1ccc(Sc2ccc(C(=O)NCCc3ccccc3)cc2N)cc1. The lowest BCUT2D eigenvalue weighted by molar-refractivity contribution is 0.0635. The Balaban J connectivity index is 1.54. The van der Waals surface area contributed by atoms with Gasteiger partial charge in [0.2, 0.25) is 0 Å². The molecule has 0 fully saturated rings. The van der Waals surface area contributed by atoms with Gasteiger partial charge >= 0.3 is 6.09 Å². The van der Waals surface area contributed by atoms with Gasteiger partial charge in [0, 0.05) is 33.3 Å². The quantitative estimate of drug-likeness (QED) is 0.389. The minimum absolute atomic E-state index is 0.147. The molecule has 0 atom stereocenters. The summed E-state index contributed by atoms with van der Waals surface area (Å²) in [7, 11) is 0. The summed E-state index contributed by atoms with van der Waals surface area (Å²) in [6.07, 6.45) is 0.277. The Kier molecular flexibility index (Phi) is 8.01. The van der Waals surface area contributed by atoms with Crippen LogP contribution in [0.3, 0.4) is 0 Å². The minimum Gasteiger partial charge on any atom is -0.444 e. The largest absolute Gasteiger partial charge is 0.444 e. The standard InChI is InChI=1S/C26H29N3O3S/c1-26(2,3)32-25(31)29-20-10-12-21(13-11-20)33-23-14-9-19(17-22(23)27)24(30)28-16-15-18-7-5-4-6-8-18/h4-14,17H,15-16,27H2,1-3H3,(H,28,30)(H,29,31). The molecular formula is C26H29N3O3S. The van der Waals surface area contributed by atoms with E-state index in [1.54, 1.807) is 24.3 Å². The fourth-order valence-corrected chi connectivity index (χ4v) is 3.84. The molecule has 0 heterocycles. The molecule has 4 N–H and O–H groups in total. The highest BCUT2D eigenvalue weighted by molar-refractivity contribution is 7.99. The number of benzene rings is 3. The van der Waals surface area contributed by atoms with Crippen molar-refractivity contribution in [1.82, 2.24) is 5.32 Å². The van der Waals surface area contributed by atoms with Crippen molar-refractivity contribution in [3.8, 4) is 0 Å². The average Bonchev–Trinajstić information content (AvgIpc) is 2.76. The van der Waals surface area contributed by atoms with Crippen molar-refractivity contribution in [1.29, 1.82) is 0 Å². The van der Waals surface area contributed by atoms with Gasteiger partial charge in [0.25, 0.3) is 5.91 Å². The lowest BCUT2D eigenvalue weighted by Gasteiger charge is -2.19. The van der Waals surface area contributed by atoms with Crippen molar-refractivity contribution in [2.24, 2.45) is 0 Å². The summed E-state index contributed by atoms with van der Waals surface area (Å²) < 4.78 is 5.26. The van der Waals surface area contributed by atoms with Crippen LogP contribution in [0.2, 0.25) is 0 Å². The predicted octanol–water partition coefficient (Wildman–Crippen LogP) is 5.74. The second-order valence-electron chi connectivity index (χ2n) is 8.50. The molecule has 0 aliphatic rings. The molecule has 0 aromatic heterocycles. The van der Waals surface area contributed by atoms with Gasteiger partial charge in [0.1, 0.15) is 5.60 Å². The third kappa shape index (κ3) is 7.88. The monoisotopic (exact) mass is 463 g/mol. The number of hydrogen-bond donors (Lipinski definition) is 3. The Labute approximate surface area is 198 Å². The molecule has 3 aromatic rings. The van der Waals surface area contributed by atoms with Crippen LogP contribution in [0.1, 0.15) is 36.7 Å². The highest BCUT2D eigenvalue weighted by Gasteiger charge is 2.16. The van der Waals surface area contributed by atoms with E-state index in [2.05, 4.69) is 10.6 Å². The van der Waals surface area contributed by atoms with Gasteiger partial charge in [-0.1, -0.05) is 42.1 Å². The van der Waals surface area contributed by atoms with Gasteiger partial charge in [0.15, 0.2) is 0 Å². The van der Waals surface area contributed by atoms with Gasteiger partial charge in [-0.25, -0.2) is 4.79 Å². The first-order valence-corrected chi connectivity index (χ1v) is 11.5. The molecule has 0 unspecified atom stereocenters. The van der Waals surface area contributed by atoms with Gasteiger partial charge in [-0.3, -0.25) is 10.1 Å². The van der Waals surface area contributed by atoms with Crippen molar-refractivity contribution in [2.75, 3.05) is 17.6 Å². The number of rotatable bonds is 7. The van der Waals surface area contributed by atoms with Gasteiger partial charge in [-0.15, -0.1) is 0 Å². The average molecular weight is 464 g/mol. The number of carbonyl (C=O) groups is 2. The van der Waals surface area contributed by atoms with E-state index in [0.717, 1.165) is 16.2 Å². The van der Waals surface area contributed by atoms with Gasteiger partial charge in [-0.05, 0) is 75.2 Å². The Hall–Kier alpha value is -3.45. The second-order valence-corrected chi connectivity index (χ2v) is 9.61. The zero-order valence-corrected chi connectivity index (χ0v) is 19.9. The van der Waals surface area contributed by atoms with Crippen LogP contribution in [0, 0.1) is 0 Å². The topological polar surface area (TPSA) is 93.4 Å². The molecule has 172 valence electrons. The van der Waals surface area contributed by atoms with Gasteiger partial charge in [0.05, 0.1) is 0 Å². The first-order valence-electron chi connectivity index (χ1n) is 10.7. The van der Waals surface area contributed by atoms with E-state index in [4.69, 9.17) is 10.5 Å². The number of anilines is 2. The zero-order chi connectivity index (χ0) is 23.8. The predicted molar refractivity (Wildman–Crippen MR) is 134 cm³/mol. The minimum atomic E-state index is -0.553. The molecule has 6 nitrogen and oxygen atoms in total. The summed E-state index contributed by atoms with van der Waals surface area (Å²) in [5, 5.41) is 5.64. The van der Waals surface area contributed by atoms with Crippen LogP contribution in [0.25, 0.3) is 0 Å². The summed E-state index contributed by atoms with van der Waals surface area (Å²) in [5.41, 5.74) is 8.54. The van der Waals surface area contributed by atoms with Crippen molar-refractivity contribution in [2.45, 2.75) is 42.6 Å². The molecule has 0 bridgehead atoms. The number of ether oxygens (including phenoxy) is 1. The van der Waals surface area contributed by atoms with Gasteiger partial charge < -0.3 is 15.8 Å². The Bertz CT molecular complexity index is 1090. The summed E-state index contributed by atoms with van der Waals surface area (Å²) in [6.45, 7) is 6.01. The maximum absolute atomic E-state index is 12.5. The van der Waals surface area contributed by atoms with Crippen LogP contribution in [0.4, 0.5) is 16.2 Å². The first-order chi connectivity index (χ1) is 15.7. The number of hydrogen-bond acceptors (Lipinski definition) is 5. The van der Waals surface area contributed by atoms with Gasteiger partial charge in [-0.2, -0.15) is 0 Å². The smallest absolute Gasteiger partial charge is 0.412 e. The third-order valence-corrected chi connectivity index (χ3v) is 5.64. The lowest BCUT2D eigenvalue weighted by atomic mass is 10.1. The fourth-order valence-electron chi connectivity index (χ4n) is 3.00. The van der Waals surface area contributed by atoms with Crippen LogP contribution in [-0.4, -0.2) is 24.1 Å². The van der Waals surface area contributed by atoms with Crippen LogP contribution in [0.5, 0.6) is 0 Å². The van der Waals surface area contributed by atoms with E-state index in [-0.39, 0.29) is 5.91 Å². The lowest BCUT2D eigenvalue weighted by Crippen LogP contribution is -2.27. The number of nitrogens with two attached hydrogens (primary N) is 1. The van der Waals surface area contributed by atoms with E-state index < -0.39 is 11.7 Å². The first kappa shape index (κ1) is 24.2. The summed E-state index contributed by atoms with van der Waals surface area (Å²) in [4.78, 5) is 26.1. The molecule has 2 amide bonds. The van der Waals surface area contributed by atoms with Crippen molar-refractivity contribution < 1.29 is 14.3 Å². The summed E-state index contributed by atoms with van der Waals surface area (Å²) >= 11 is 1.49. The Morgan fingerprint density at radius 1 is 0.970 bits per heavy atom. The number of amides is 2. The summed E-state index contributed by atoms with van der Waals surface area (Å²) in [5.74, 6) is -0.147. The summed E-state index contributed by atoms with van der Waals surface area (Å²) in [6, 6.07) is 22.7. The van der Waals surface area contributed by atoms with E-state index >= 15 is 0 Å². The zero-order valence-electron chi connectivity index (χ0n) is 19.1.